The van der Waals surface area contributed by atoms with E-state index in [2.05, 4.69) is 26.9 Å². The van der Waals surface area contributed by atoms with Crippen LogP contribution in [0.25, 0.3) is 0 Å². The molecule has 6 heteroatoms. The third-order valence-corrected chi connectivity index (χ3v) is 4.36. The van der Waals surface area contributed by atoms with Crippen molar-refractivity contribution in [2.75, 3.05) is 13.1 Å². The van der Waals surface area contributed by atoms with Gasteiger partial charge in [-0.2, -0.15) is 5.26 Å². The highest BCUT2D eigenvalue weighted by Crippen LogP contribution is 2.31. The first-order valence-electron chi connectivity index (χ1n) is 6.50. The van der Waals surface area contributed by atoms with Crippen molar-refractivity contribution in [3.05, 3.63) is 38.3 Å². The number of benzene rings is 1. The maximum Gasteiger partial charge on any atom is 0.275 e. The van der Waals surface area contributed by atoms with Crippen LogP contribution in [0.15, 0.2) is 22.7 Å². The second-order valence-electron chi connectivity index (χ2n) is 5.48. The van der Waals surface area contributed by atoms with Crippen LogP contribution in [0.4, 0.5) is 5.69 Å². The predicted octanol–water partition coefficient (Wildman–Crippen LogP) is 3.48. The van der Waals surface area contributed by atoms with Crippen LogP contribution in [0.2, 0.25) is 0 Å². The Hall–Kier alpha value is -1.45. The summed E-state index contributed by atoms with van der Waals surface area (Å²) < 4.78 is 0.712. The minimum absolute atomic E-state index is 0.146. The third kappa shape index (κ3) is 3.35. The Morgan fingerprint density at radius 3 is 2.70 bits per heavy atom. The zero-order valence-electron chi connectivity index (χ0n) is 11.3. The molecule has 1 aromatic carbocycles. The van der Waals surface area contributed by atoms with Gasteiger partial charge >= 0.3 is 0 Å². The number of nitro benzene ring substituents is 1. The van der Waals surface area contributed by atoms with Crippen molar-refractivity contribution in [3.8, 4) is 6.07 Å². The van der Waals surface area contributed by atoms with E-state index < -0.39 is 0 Å². The standard InChI is InChI=1S/C14H16BrN3O2/c1-14(10-16)4-6-17(7-5-14)9-11-2-3-12(15)8-13(11)18(19)20/h2-3,8H,4-7,9H2,1H3. The lowest BCUT2D eigenvalue weighted by atomic mass is 9.82. The van der Waals surface area contributed by atoms with E-state index in [9.17, 15) is 10.1 Å². The van der Waals surface area contributed by atoms with E-state index in [1.54, 1.807) is 12.1 Å². The van der Waals surface area contributed by atoms with Gasteiger partial charge in [0.1, 0.15) is 0 Å². The number of hydrogen-bond donors (Lipinski definition) is 0. The Morgan fingerprint density at radius 2 is 2.15 bits per heavy atom. The van der Waals surface area contributed by atoms with Crippen LogP contribution in [0, 0.1) is 26.9 Å². The molecule has 0 N–H and O–H groups in total. The molecule has 106 valence electrons. The van der Waals surface area contributed by atoms with Crippen LogP contribution in [0.1, 0.15) is 25.3 Å². The summed E-state index contributed by atoms with van der Waals surface area (Å²) in [5.74, 6) is 0. The van der Waals surface area contributed by atoms with Crippen molar-refractivity contribution in [2.24, 2.45) is 5.41 Å². The molecule has 0 spiro atoms. The van der Waals surface area contributed by atoms with E-state index in [4.69, 9.17) is 5.26 Å². The molecule has 0 radical (unpaired) electrons. The summed E-state index contributed by atoms with van der Waals surface area (Å²) in [5.41, 5.74) is 0.619. The van der Waals surface area contributed by atoms with Crippen molar-refractivity contribution < 1.29 is 4.92 Å². The predicted molar refractivity (Wildman–Crippen MR) is 79.0 cm³/mol. The molecule has 1 heterocycles. The molecule has 1 fully saturated rings. The van der Waals surface area contributed by atoms with Crippen molar-refractivity contribution in [2.45, 2.75) is 26.3 Å². The molecule has 0 unspecified atom stereocenters. The summed E-state index contributed by atoms with van der Waals surface area (Å²) in [6.45, 7) is 4.14. The normalized spacial score (nSPS) is 18.4. The summed E-state index contributed by atoms with van der Waals surface area (Å²) in [4.78, 5) is 12.9. The first kappa shape index (κ1) is 14.9. The number of hydrogen-bond acceptors (Lipinski definition) is 4. The lowest BCUT2D eigenvalue weighted by molar-refractivity contribution is -0.385. The highest BCUT2D eigenvalue weighted by Gasteiger charge is 2.30. The van der Waals surface area contributed by atoms with Crippen LogP contribution in [0.3, 0.4) is 0 Å². The van der Waals surface area contributed by atoms with E-state index in [1.165, 1.54) is 0 Å². The lowest BCUT2D eigenvalue weighted by Gasteiger charge is -2.34. The fraction of sp³-hybridized carbons (Fsp3) is 0.500. The largest absolute Gasteiger partial charge is 0.299 e. The summed E-state index contributed by atoms with van der Waals surface area (Å²) in [6, 6.07) is 7.52. The van der Waals surface area contributed by atoms with Crippen molar-refractivity contribution in [1.82, 2.24) is 4.90 Å². The molecule has 0 atom stereocenters. The number of halogens is 1. The number of nitrogens with zero attached hydrogens (tertiary/aromatic N) is 3. The molecule has 1 aliphatic rings. The van der Waals surface area contributed by atoms with Crippen LogP contribution < -0.4 is 0 Å². The average molecular weight is 338 g/mol. The van der Waals surface area contributed by atoms with Gasteiger partial charge < -0.3 is 0 Å². The number of piperidine rings is 1. The molecule has 20 heavy (non-hydrogen) atoms. The Kier molecular flexibility index (Phi) is 4.41. The van der Waals surface area contributed by atoms with Gasteiger partial charge in [0.25, 0.3) is 5.69 Å². The molecule has 1 aromatic rings. The van der Waals surface area contributed by atoms with Gasteiger partial charge in [0.15, 0.2) is 0 Å². The smallest absolute Gasteiger partial charge is 0.275 e. The second kappa shape index (κ2) is 5.90. The van der Waals surface area contributed by atoms with Crippen LogP contribution in [0.5, 0.6) is 0 Å². The fourth-order valence-electron chi connectivity index (χ4n) is 2.40. The van der Waals surface area contributed by atoms with Crippen molar-refractivity contribution >= 4 is 21.6 Å². The summed E-state index contributed by atoms with van der Waals surface area (Å²) in [5, 5.41) is 20.2. The van der Waals surface area contributed by atoms with E-state index in [-0.39, 0.29) is 16.0 Å². The molecule has 1 saturated heterocycles. The third-order valence-electron chi connectivity index (χ3n) is 3.87. The molecular weight excluding hydrogens is 322 g/mol. The number of nitriles is 1. The highest BCUT2D eigenvalue weighted by molar-refractivity contribution is 9.10. The molecular formula is C14H16BrN3O2. The molecule has 1 aliphatic heterocycles. The van der Waals surface area contributed by atoms with Crippen LogP contribution >= 0.6 is 15.9 Å². The second-order valence-corrected chi connectivity index (χ2v) is 6.39. The number of likely N-dealkylation sites (tertiary alicyclic amines) is 1. The van der Waals surface area contributed by atoms with Crippen molar-refractivity contribution in [3.63, 3.8) is 0 Å². The van der Waals surface area contributed by atoms with Gasteiger partial charge in [-0.15, -0.1) is 0 Å². The zero-order chi connectivity index (χ0) is 14.8. The van der Waals surface area contributed by atoms with E-state index in [0.29, 0.717) is 11.0 Å². The Labute approximate surface area is 126 Å². The molecule has 0 aliphatic carbocycles. The molecule has 2 rings (SSSR count). The quantitative estimate of drug-likeness (QED) is 0.625. The van der Waals surface area contributed by atoms with Gasteiger partial charge in [0.2, 0.25) is 0 Å². The fourth-order valence-corrected chi connectivity index (χ4v) is 2.75. The first-order chi connectivity index (χ1) is 9.43. The van der Waals surface area contributed by atoms with E-state index in [0.717, 1.165) is 31.5 Å². The summed E-state index contributed by atoms with van der Waals surface area (Å²) in [6.07, 6.45) is 1.63. The van der Waals surface area contributed by atoms with E-state index in [1.807, 2.05) is 13.0 Å². The van der Waals surface area contributed by atoms with Crippen LogP contribution in [-0.4, -0.2) is 22.9 Å². The van der Waals surface area contributed by atoms with E-state index >= 15 is 0 Å². The molecule has 5 nitrogen and oxygen atoms in total. The average Bonchev–Trinajstić information content (AvgIpc) is 2.43. The van der Waals surface area contributed by atoms with Crippen LogP contribution in [-0.2, 0) is 6.54 Å². The van der Waals surface area contributed by atoms with Gasteiger partial charge in [-0.1, -0.05) is 15.9 Å². The maximum absolute atomic E-state index is 11.1. The Morgan fingerprint density at radius 1 is 1.50 bits per heavy atom. The topological polar surface area (TPSA) is 70.2 Å². The minimum atomic E-state index is -0.344. The number of nitro groups is 1. The number of rotatable bonds is 3. The van der Waals surface area contributed by atoms with Gasteiger partial charge in [-0.3, -0.25) is 15.0 Å². The van der Waals surface area contributed by atoms with Gasteiger partial charge in [0, 0.05) is 35.7 Å². The van der Waals surface area contributed by atoms with Gasteiger partial charge in [-0.05, 0) is 31.9 Å². The monoisotopic (exact) mass is 337 g/mol. The molecule has 0 bridgehead atoms. The molecule has 0 aromatic heterocycles. The molecule has 0 saturated carbocycles. The Balaban J connectivity index is 2.09. The summed E-state index contributed by atoms with van der Waals surface area (Å²) in [7, 11) is 0. The van der Waals surface area contributed by atoms with Gasteiger partial charge in [0.05, 0.1) is 16.4 Å². The lowest BCUT2D eigenvalue weighted by Crippen LogP contribution is -2.37. The summed E-state index contributed by atoms with van der Waals surface area (Å²) >= 11 is 3.26. The minimum Gasteiger partial charge on any atom is -0.299 e. The zero-order valence-corrected chi connectivity index (χ0v) is 12.9. The highest BCUT2D eigenvalue weighted by atomic mass is 79.9. The SMILES string of the molecule is CC1(C#N)CCN(Cc2ccc(Br)cc2[N+](=O)[O-])CC1. The van der Waals surface area contributed by atoms with Gasteiger partial charge in [-0.25, -0.2) is 0 Å². The Bertz CT molecular complexity index is 560. The van der Waals surface area contributed by atoms with Crippen molar-refractivity contribution in [1.29, 1.82) is 5.26 Å². The molecule has 0 amide bonds. The first-order valence-corrected chi connectivity index (χ1v) is 7.29. The maximum atomic E-state index is 11.1.